The van der Waals surface area contributed by atoms with Gasteiger partial charge in [-0.15, -0.1) is 0 Å². The van der Waals surface area contributed by atoms with Crippen molar-refractivity contribution in [3.05, 3.63) is 74.4 Å². The second kappa shape index (κ2) is 8.47. The standard InChI is InChI=1S/C23H21BrN4O3/c1-4-31-22(29)13-27-14(2)19(17-7-5-6-8-21(17)27)12-25-28-15(3)26-20-10-9-16(24)11-18(20)23(28)30/h5-12H,4,13H2,1-3H3. The minimum absolute atomic E-state index is 0.110. The van der Waals surface area contributed by atoms with E-state index >= 15 is 0 Å². The van der Waals surface area contributed by atoms with E-state index in [4.69, 9.17) is 4.74 Å². The number of benzene rings is 2. The number of hydrogen-bond acceptors (Lipinski definition) is 5. The Hall–Kier alpha value is -3.26. The molecule has 0 bridgehead atoms. The van der Waals surface area contributed by atoms with Gasteiger partial charge in [0.05, 0.1) is 23.7 Å². The van der Waals surface area contributed by atoms with E-state index in [1.165, 1.54) is 4.68 Å². The van der Waals surface area contributed by atoms with Gasteiger partial charge in [-0.25, -0.2) is 4.98 Å². The maximum absolute atomic E-state index is 13.0. The first kappa shape index (κ1) is 21.0. The summed E-state index contributed by atoms with van der Waals surface area (Å²) in [5, 5.41) is 5.89. The molecule has 4 aromatic rings. The summed E-state index contributed by atoms with van der Waals surface area (Å²) in [4.78, 5) is 29.6. The fourth-order valence-electron chi connectivity index (χ4n) is 3.67. The number of aryl methyl sites for hydroxylation is 1. The first-order valence-corrected chi connectivity index (χ1v) is 10.7. The van der Waals surface area contributed by atoms with E-state index in [2.05, 4.69) is 26.0 Å². The third-order valence-corrected chi connectivity index (χ3v) is 5.64. The lowest BCUT2D eigenvalue weighted by molar-refractivity contribution is -0.143. The average Bonchev–Trinajstić information content (AvgIpc) is 3.00. The number of carbonyl (C=O) groups is 1. The molecule has 8 heteroatoms. The van der Waals surface area contributed by atoms with Gasteiger partial charge in [-0.1, -0.05) is 34.1 Å². The number of rotatable bonds is 5. The molecule has 2 heterocycles. The topological polar surface area (TPSA) is 78.5 Å². The molecule has 0 aliphatic heterocycles. The van der Waals surface area contributed by atoms with Gasteiger partial charge in [-0.2, -0.15) is 9.78 Å². The van der Waals surface area contributed by atoms with Crippen LogP contribution in [-0.4, -0.2) is 33.0 Å². The summed E-state index contributed by atoms with van der Waals surface area (Å²) in [6, 6.07) is 13.2. The molecule has 0 N–H and O–H groups in total. The Bertz CT molecular complexity index is 1400. The number of ether oxygens (including phenoxy) is 1. The van der Waals surface area contributed by atoms with Crippen LogP contribution >= 0.6 is 15.9 Å². The monoisotopic (exact) mass is 480 g/mol. The summed E-state index contributed by atoms with van der Waals surface area (Å²) in [7, 11) is 0. The molecule has 0 aliphatic carbocycles. The van der Waals surface area contributed by atoms with Gasteiger partial charge in [0.1, 0.15) is 12.4 Å². The molecule has 0 fully saturated rings. The van der Waals surface area contributed by atoms with Crippen molar-refractivity contribution in [2.75, 3.05) is 6.61 Å². The van der Waals surface area contributed by atoms with E-state index in [1.54, 1.807) is 32.2 Å². The van der Waals surface area contributed by atoms with Crippen LogP contribution in [0.15, 0.2) is 56.8 Å². The lowest BCUT2D eigenvalue weighted by Gasteiger charge is -2.08. The Balaban J connectivity index is 1.83. The van der Waals surface area contributed by atoms with E-state index in [-0.39, 0.29) is 18.1 Å². The van der Waals surface area contributed by atoms with Gasteiger partial charge in [0.15, 0.2) is 0 Å². The Morgan fingerprint density at radius 3 is 2.74 bits per heavy atom. The smallest absolute Gasteiger partial charge is 0.325 e. The number of nitrogens with zero attached hydrogens (tertiary/aromatic N) is 4. The van der Waals surface area contributed by atoms with Crippen molar-refractivity contribution in [1.82, 2.24) is 14.2 Å². The maximum Gasteiger partial charge on any atom is 0.325 e. The lowest BCUT2D eigenvalue weighted by atomic mass is 10.1. The molecule has 0 saturated carbocycles. The van der Waals surface area contributed by atoms with E-state index in [1.807, 2.05) is 41.8 Å². The van der Waals surface area contributed by atoms with Crippen molar-refractivity contribution >= 4 is 49.9 Å². The average molecular weight is 481 g/mol. The highest BCUT2D eigenvalue weighted by Crippen LogP contribution is 2.25. The Kier molecular flexibility index (Phi) is 5.73. The van der Waals surface area contributed by atoms with Crippen molar-refractivity contribution < 1.29 is 9.53 Å². The molecule has 2 aromatic heterocycles. The molecule has 2 aromatic carbocycles. The van der Waals surface area contributed by atoms with Crippen LogP contribution in [0.5, 0.6) is 0 Å². The highest BCUT2D eigenvalue weighted by molar-refractivity contribution is 9.10. The van der Waals surface area contributed by atoms with Crippen molar-refractivity contribution in [2.45, 2.75) is 27.3 Å². The third kappa shape index (κ3) is 3.90. The second-order valence-electron chi connectivity index (χ2n) is 7.09. The van der Waals surface area contributed by atoms with Gasteiger partial charge in [-0.3, -0.25) is 9.59 Å². The van der Waals surface area contributed by atoms with Crippen LogP contribution in [-0.2, 0) is 16.1 Å². The van der Waals surface area contributed by atoms with Gasteiger partial charge < -0.3 is 9.30 Å². The number of fused-ring (bicyclic) bond motifs is 2. The normalized spacial score (nSPS) is 11.6. The highest BCUT2D eigenvalue weighted by atomic mass is 79.9. The van der Waals surface area contributed by atoms with Crippen LogP contribution in [0.4, 0.5) is 0 Å². The van der Waals surface area contributed by atoms with E-state index in [0.717, 1.165) is 26.6 Å². The van der Waals surface area contributed by atoms with Crippen molar-refractivity contribution in [3.63, 3.8) is 0 Å². The van der Waals surface area contributed by atoms with Crippen LogP contribution in [0.25, 0.3) is 21.8 Å². The first-order chi connectivity index (χ1) is 14.9. The number of aromatic nitrogens is 3. The van der Waals surface area contributed by atoms with Gasteiger partial charge in [-0.05, 0) is 45.0 Å². The van der Waals surface area contributed by atoms with Crippen molar-refractivity contribution in [2.24, 2.45) is 5.10 Å². The van der Waals surface area contributed by atoms with Gasteiger partial charge in [0.25, 0.3) is 5.56 Å². The minimum atomic E-state index is -0.300. The maximum atomic E-state index is 13.0. The lowest BCUT2D eigenvalue weighted by Crippen LogP contribution is -2.20. The number of halogens is 1. The van der Waals surface area contributed by atoms with E-state index < -0.39 is 0 Å². The molecule has 7 nitrogen and oxygen atoms in total. The SMILES string of the molecule is CCOC(=O)Cn1c(C)c(C=Nn2c(C)nc3ccc(Br)cc3c2=O)c2ccccc21. The Labute approximate surface area is 187 Å². The molecule has 0 unspecified atom stereocenters. The number of hydrogen-bond donors (Lipinski definition) is 0. The molecule has 0 spiro atoms. The summed E-state index contributed by atoms with van der Waals surface area (Å²) >= 11 is 3.40. The first-order valence-electron chi connectivity index (χ1n) is 9.87. The van der Waals surface area contributed by atoms with Crippen LogP contribution in [0.1, 0.15) is 24.0 Å². The molecule has 0 saturated heterocycles. The Morgan fingerprint density at radius 2 is 1.97 bits per heavy atom. The van der Waals surface area contributed by atoms with Crippen LogP contribution < -0.4 is 5.56 Å². The minimum Gasteiger partial charge on any atom is -0.465 e. The fourth-order valence-corrected chi connectivity index (χ4v) is 4.03. The number of para-hydroxylation sites is 1. The van der Waals surface area contributed by atoms with Crippen LogP contribution in [0, 0.1) is 13.8 Å². The second-order valence-corrected chi connectivity index (χ2v) is 8.01. The molecule has 0 atom stereocenters. The summed E-state index contributed by atoms with van der Waals surface area (Å²) in [6.45, 7) is 5.90. The summed E-state index contributed by atoms with van der Waals surface area (Å²) in [5.41, 5.74) is 2.98. The van der Waals surface area contributed by atoms with Gasteiger partial charge >= 0.3 is 5.97 Å². The van der Waals surface area contributed by atoms with E-state index in [0.29, 0.717) is 23.3 Å². The molecule has 0 radical (unpaired) electrons. The molecule has 4 rings (SSSR count). The molecule has 31 heavy (non-hydrogen) atoms. The number of carbonyl (C=O) groups excluding carboxylic acids is 1. The number of esters is 1. The van der Waals surface area contributed by atoms with Crippen LogP contribution in [0.3, 0.4) is 0 Å². The molecule has 0 aliphatic rings. The summed E-state index contributed by atoms with van der Waals surface area (Å²) in [5.74, 6) is 0.190. The summed E-state index contributed by atoms with van der Waals surface area (Å²) < 4.78 is 9.12. The van der Waals surface area contributed by atoms with Crippen molar-refractivity contribution in [3.8, 4) is 0 Å². The van der Waals surface area contributed by atoms with Gasteiger partial charge in [0.2, 0.25) is 0 Å². The van der Waals surface area contributed by atoms with E-state index in [9.17, 15) is 9.59 Å². The highest BCUT2D eigenvalue weighted by Gasteiger charge is 2.16. The molecule has 0 amide bonds. The quantitative estimate of drug-likeness (QED) is 0.317. The zero-order chi connectivity index (χ0) is 22.1. The fraction of sp³-hybridized carbons (Fsp3) is 0.217. The predicted molar refractivity (Wildman–Crippen MR) is 125 cm³/mol. The van der Waals surface area contributed by atoms with Gasteiger partial charge in [0, 0.05) is 26.6 Å². The molecule has 158 valence electrons. The Morgan fingerprint density at radius 1 is 1.19 bits per heavy atom. The van der Waals surface area contributed by atoms with Crippen molar-refractivity contribution in [1.29, 1.82) is 0 Å². The molecular weight excluding hydrogens is 460 g/mol. The predicted octanol–water partition coefficient (Wildman–Crippen LogP) is 4.18. The zero-order valence-corrected chi connectivity index (χ0v) is 19.0. The summed E-state index contributed by atoms with van der Waals surface area (Å²) in [6.07, 6.45) is 1.65. The van der Waals surface area contributed by atoms with Crippen LogP contribution in [0.2, 0.25) is 0 Å². The third-order valence-electron chi connectivity index (χ3n) is 5.14. The molecular formula is C23H21BrN4O3. The largest absolute Gasteiger partial charge is 0.465 e. The zero-order valence-electron chi connectivity index (χ0n) is 17.4.